The molecule has 0 aromatic heterocycles. The number of allylic oxidation sites excluding steroid dienone is 1. The van der Waals surface area contributed by atoms with E-state index in [2.05, 4.69) is 86.5 Å². The first-order valence-corrected chi connectivity index (χ1v) is 19.3. The fraction of sp³-hybridized carbons (Fsp3) is 0.655. The molecule has 0 spiro atoms. The Morgan fingerprint density at radius 3 is 2.28 bits per heavy atom. The molecule has 3 unspecified atom stereocenters. The van der Waals surface area contributed by atoms with Crippen molar-refractivity contribution in [2.45, 2.75) is 103 Å². The van der Waals surface area contributed by atoms with Gasteiger partial charge in [0.2, 0.25) is 0 Å². The van der Waals surface area contributed by atoms with Gasteiger partial charge < -0.3 is 18.3 Å². The molecule has 0 amide bonds. The Morgan fingerprint density at radius 1 is 1.08 bits per heavy atom. The summed E-state index contributed by atoms with van der Waals surface area (Å²) in [7, 11) is -3.94. The predicted octanol–water partition coefficient (Wildman–Crippen LogP) is 8.65. The monoisotopic (exact) mass is 552 g/mol. The Morgan fingerprint density at radius 2 is 1.72 bits per heavy atom. The molecule has 0 radical (unpaired) electrons. The predicted molar refractivity (Wildman–Crippen MR) is 158 cm³/mol. The molecule has 4 atom stereocenters. The van der Waals surface area contributed by atoms with Gasteiger partial charge in [-0.05, 0) is 60.9 Å². The van der Waals surface area contributed by atoms with Crippen molar-refractivity contribution >= 4 is 28.2 Å². The van der Waals surface area contributed by atoms with Gasteiger partial charge in [0, 0.05) is 10.9 Å². The molecule has 1 aromatic carbocycles. The van der Waals surface area contributed by atoms with Gasteiger partial charge >= 0.3 is 0 Å². The van der Waals surface area contributed by atoms with Crippen molar-refractivity contribution in [2.75, 3.05) is 13.2 Å². The molecule has 4 nitrogen and oxygen atoms in total. The summed E-state index contributed by atoms with van der Waals surface area (Å²) in [6.07, 6.45) is 6.94. The lowest BCUT2D eigenvalue weighted by Crippen LogP contribution is -2.46. The molecule has 1 aromatic rings. The largest absolute Gasteiger partial charge is 0.491 e. The standard InChI is InChI=1S/C29H49ClO4Si2/c1-12-14-25-26(32-21-27(25)34-36(10,11)29(5,6)7)18-17-24(33-35(8,9)28(2,3)4)20-31-23-16-13-15-22(30)19-23/h12-13,15-19,24-27H,1,14,20-21H2,2-11H3/b18-17+/t24?,25?,26-,27?/m1/s1. The molecular weight excluding hydrogens is 504 g/mol. The third-order valence-corrected chi connectivity index (χ3v) is 17.3. The lowest BCUT2D eigenvalue weighted by Gasteiger charge is -2.39. The summed E-state index contributed by atoms with van der Waals surface area (Å²) in [5, 5.41) is 0.899. The maximum Gasteiger partial charge on any atom is 0.193 e. The van der Waals surface area contributed by atoms with Gasteiger partial charge in [-0.1, -0.05) is 77.4 Å². The van der Waals surface area contributed by atoms with Crippen LogP contribution in [-0.4, -0.2) is 48.2 Å². The highest BCUT2D eigenvalue weighted by Gasteiger charge is 2.44. The van der Waals surface area contributed by atoms with E-state index in [1.54, 1.807) is 0 Å². The van der Waals surface area contributed by atoms with E-state index in [4.69, 9.17) is 29.9 Å². The number of hydrogen-bond acceptors (Lipinski definition) is 4. The van der Waals surface area contributed by atoms with Crippen molar-refractivity contribution in [1.82, 2.24) is 0 Å². The summed E-state index contributed by atoms with van der Waals surface area (Å²) in [4.78, 5) is 0. The molecular formula is C29H49ClO4Si2. The average Bonchev–Trinajstić information content (AvgIpc) is 3.09. The first-order chi connectivity index (χ1) is 16.5. The molecule has 0 saturated carbocycles. The van der Waals surface area contributed by atoms with Crippen molar-refractivity contribution in [2.24, 2.45) is 5.92 Å². The number of halogens is 1. The van der Waals surface area contributed by atoms with Crippen LogP contribution in [-0.2, 0) is 13.6 Å². The number of ether oxygens (including phenoxy) is 2. The number of benzene rings is 1. The van der Waals surface area contributed by atoms with E-state index in [-0.39, 0.29) is 34.3 Å². The third kappa shape index (κ3) is 8.57. The quantitative estimate of drug-likeness (QED) is 0.203. The molecule has 0 N–H and O–H groups in total. The second-order valence-electron chi connectivity index (χ2n) is 13.0. The van der Waals surface area contributed by atoms with Crippen LogP contribution in [0.1, 0.15) is 48.0 Å². The minimum atomic E-state index is -2.03. The van der Waals surface area contributed by atoms with Crippen molar-refractivity contribution in [3.63, 3.8) is 0 Å². The molecule has 2 rings (SSSR count). The minimum absolute atomic E-state index is 0.0468. The van der Waals surface area contributed by atoms with E-state index in [0.29, 0.717) is 18.2 Å². The topological polar surface area (TPSA) is 36.9 Å². The van der Waals surface area contributed by atoms with E-state index < -0.39 is 16.6 Å². The smallest absolute Gasteiger partial charge is 0.193 e. The lowest BCUT2D eigenvalue weighted by atomic mass is 9.95. The highest BCUT2D eigenvalue weighted by molar-refractivity contribution is 6.74. The van der Waals surface area contributed by atoms with Crippen LogP contribution < -0.4 is 4.74 Å². The summed E-state index contributed by atoms with van der Waals surface area (Å²) >= 11 is 6.15. The number of rotatable bonds is 11. The summed E-state index contributed by atoms with van der Waals surface area (Å²) < 4.78 is 25.9. The van der Waals surface area contributed by atoms with Crippen LogP contribution in [0, 0.1) is 5.92 Å². The van der Waals surface area contributed by atoms with Crippen LogP contribution in [0.15, 0.2) is 49.1 Å². The van der Waals surface area contributed by atoms with E-state index in [1.165, 1.54) is 0 Å². The van der Waals surface area contributed by atoms with Gasteiger partial charge in [0.25, 0.3) is 0 Å². The maximum absolute atomic E-state index is 6.78. The van der Waals surface area contributed by atoms with Gasteiger partial charge in [0.15, 0.2) is 16.6 Å². The molecule has 0 aliphatic carbocycles. The molecule has 1 aliphatic heterocycles. The highest BCUT2D eigenvalue weighted by atomic mass is 35.5. The van der Waals surface area contributed by atoms with E-state index in [1.807, 2.05) is 30.3 Å². The van der Waals surface area contributed by atoms with Crippen molar-refractivity contribution in [1.29, 1.82) is 0 Å². The van der Waals surface area contributed by atoms with Crippen molar-refractivity contribution in [3.05, 3.63) is 54.1 Å². The first-order valence-electron chi connectivity index (χ1n) is 13.1. The fourth-order valence-corrected chi connectivity index (χ4v) is 6.46. The summed E-state index contributed by atoms with van der Waals surface area (Å²) in [5.41, 5.74) is 0. The lowest BCUT2D eigenvalue weighted by molar-refractivity contribution is 0.109. The van der Waals surface area contributed by atoms with Gasteiger partial charge in [-0.2, -0.15) is 0 Å². The number of hydrogen-bond donors (Lipinski definition) is 0. The minimum Gasteiger partial charge on any atom is -0.491 e. The average molecular weight is 553 g/mol. The van der Waals surface area contributed by atoms with Gasteiger partial charge in [-0.3, -0.25) is 0 Å². The van der Waals surface area contributed by atoms with E-state index in [9.17, 15) is 0 Å². The van der Waals surface area contributed by atoms with Crippen LogP contribution >= 0.6 is 11.6 Å². The Labute approximate surface area is 227 Å². The second kappa shape index (κ2) is 12.3. The van der Waals surface area contributed by atoms with Crippen molar-refractivity contribution in [3.8, 4) is 5.75 Å². The second-order valence-corrected chi connectivity index (χ2v) is 22.9. The zero-order chi connectivity index (χ0) is 27.4. The molecule has 1 aliphatic rings. The molecule has 36 heavy (non-hydrogen) atoms. The van der Waals surface area contributed by atoms with E-state index in [0.717, 1.165) is 12.2 Å². The Bertz CT molecular complexity index is 886. The zero-order valence-electron chi connectivity index (χ0n) is 24.2. The fourth-order valence-electron chi connectivity index (χ4n) is 3.67. The first kappa shape index (κ1) is 31.3. The molecule has 1 fully saturated rings. The summed E-state index contributed by atoms with van der Waals surface area (Å²) in [5.74, 6) is 0.972. The van der Waals surface area contributed by atoms with Crippen LogP contribution in [0.3, 0.4) is 0 Å². The van der Waals surface area contributed by atoms with Crippen LogP contribution in [0.25, 0.3) is 0 Å². The SMILES string of the molecule is C=CCC1C(O[Si](C)(C)C(C)(C)C)CO[C@@H]1/C=C/C(COc1cccc(Cl)c1)O[Si](C)(C)C(C)(C)C. The normalized spacial score (nSPS) is 22.7. The third-order valence-electron chi connectivity index (χ3n) is 8.02. The summed E-state index contributed by atoms with van der Waals surface area (Å²) in [6.45, 7) is 27.7. The Balaban J connectivity index is 2.21. The Kier molecular flexibility index (Phi) is 10.7. The van der Waals surface area contributed by atoms with Crippen LogP contribution in [0.2, 0.25) is 41.3 Å². The zero-order valence-corrected chi connectivity index (χ0v) is 26.9. The van der Waals surface area contributed by atoms with Gasteiger partial charge in [0.1, 0.15) is 12.4 Å². The van der Waals surface area contributed by atoms with Gasteiger partial charge in [-0.15, -0.1) is 6.58 Å². The van der Waals surface area contributed by atoms with Crippen LogP contribution in [0.4, 0.5) is 0 Å². The Hall–Kier alpha value is -0.896. The molecule has 1 heterocycles. The molecule has 0 bridgehead atoms. The highest BCUT2D eigenvalue weighted by Crippen LogP contribution is 2.41. The molecule has 7 heteroatoms. The maximum atomic E-state index is 6.78. The van der Waals surface area contributed by atoms with E-state index >= 15 is 0 Å². The van der Waals surface area contributed by atoms with Gasteiger partial charge in [-0.25, -0.2) is 0 Å². The molecule has 1 saturated heterocycles. The molecule has 204 valence electrons. The van der Waals surface area contributed by atoms with Gasteiger partial charge in [0.05, 0.1) is 24.9 Å². The summed E-state index contributed by atoms with van der Waals surface area (Å²) in [6, 6.07) is 7.49. The van der Waals surface area contributed by atoms with Crippen LogP contribution in [0.5, 0.6) is 5.75 Å². The van der Waals surface area contributed by atoms with Crippen molar-refractivity contribution < 1.29 is 18.3 Å².